The highest BCUT2D eigenvalue weighted by atomic mass is 16.5. The summed E-state index contributed by atoms with van der Waals surface area (Å²) >= 11 is 0. The van der Waals surface area contributed by atoms with Gasteiger partial charge in [-0.05, 0) is 29.2 Å². The Bertz CT molecular complexity index is 936. The zero-order valence-electron chi connectivity index (χ0n) is 17.5. The fraction of sp³-hybridized carbons (Fsp3) is 0.304. The minimum atomic E-state index is -0.969. The molecule has 162 valence electrons. The lowest BCUT2D eigenvalue weighted by Gasteiger charge is -2.24. The quantitative estimate of drug-likeness (QED) is 0.568. The molecule has 31 heavy (non-hydrogen) atoms. The van der Waals surface area contributed by atoms with Gasteiger partial charge in [0.25, 0.3) is 0 Å². The van der Waals surface area contributed by atoms with Gasteiger partial charge in [0, 0.05) is 6.42 Å². The molecule has 3 amide bonds. The Hall–Kier alpha value is -3.86. The maximum absolute atomic E-state index is 12.8. The van der Waals surface area contributed by atoms with E-state index in [0.717, 1.165) is 11.1 Å². The van der Waals surface area contributed by atoms with Gasteiger partial charge >= 0.3 is 6.09 Å². The lowest BCUT2D eigenvalue weighted by atomic mass is 10.0. The van der Waals surface area contributed by atoms with Crippen LogP contribution in [0.5, 0.6) is 0 Å². The number of hydrogen-bond donors (Lipinski definition) is 3. The number of alkyl carbamates (subject to hydrolysis) is 1. The van der Waals surface area contributed by atoms with Gasteiger partial charge in [-0.3, -0.25) is 9.59 Å². The van der Waals surface area contributed by atoms with Crippen molar-refractivity contribution in [3.63, 3.8) is 0 Å². The molecule has 2 aromatic carbocycles. The largest absolute Gasteiger partial charge is 0.445 e. The molecule has 0 aliphatic rings. The number of nitrogens with zero attached hydrogens (tertiary/aromatic N) is 1. The van der Waals surface area contributed by atoms with E-state index in [-0.39, 0.29) is 18.9 Å². The number of ether oxygens (including phenoxy) is 1. The van der Waals surface area contributed by atoms with E-state index in [1.807, 2.05) is 36.4 Å². The van der Waals surface area contributed by atoms with Crippen LogP contribution in [0.15, 0.2) is 54.6 Å². The molecule has 2 aromatic rings. The van der Waals surface area contributed by atoms with Crippen LogP contribution in [-0.4, -0.2) is 30.0 Å². The number of hydrogen-bond acceptors (Lipinski definition) is 5. The summed E-state index contributed by atoms with van der Waals surface area (Å²) in [5.41, 5.74) is 7.50. The molecule has 0 fully saturated rings. The molecule has 8 nitrogen and oxygen atoms in total. The van der Waals surface area contributed by atoms with Crippen LogP contribution in [0.2, 0.25) is 0 Å². The number of rotatable bonds is 9. The minimum Gasteiger partial charge on any atom is -0.445 e. The zero-order valence-corrected chi connectivity index (χ0v) is 17.5. The van der Waals surface area contributed by atoms with Gasteiger partial charge in [0.1, 0.15) is 18.7 Å². The van der Waals surface area contributed by atoms with E-state index in [0.29, 0.717) is 5.56 Å². The van der Waals surface area contributed by atoms with Crippen LogP contribution in [0.1, 0.15) is 30.5 Å². The van der Waals surface area contributed by atoms with E-state index in [1.165, 1.54) is 0 Å². The molecular formula is C23H26N4O4. The summed E-state index contributed by atoms with van der Waals surface area (Å²) in [6.45, 7) is 3.60. The second-order valence-corrected chi connectivity index (χ2v) is 7.40. The molecule has 0 heterocycles. The smallest absolute Gasteiger partial charge is 0.408 e. The van der Waals surface area contributed by atoms with Crippen LogP contribution >= 0.6 is 0 Å². The van der Waals surface area contributed by atoms with E-state index in [9.17, 15) is 14.4 Å². The first-order chi connectivity index (χ1) is 14.8. The van der Waals surface area contributed by atoms with Gasteiger partial charge in [-0.25, -0.2) is 4.79 Å². The molecular weight excluding hydrogens is 396 g/mol. The summed E-state index contributed by atoms with van der Waals surface area (Å²) in [6, 6.07) is 15.9. The molecule has 0 aromatic heterocycles. The van der Waals surface area contributed by atoms with Crippen LogP contribution in [0.4, 0.5) is 4.79 Å². The van der Waals surface area contributed by atoms with Crippen molar-refractivity contribution in [1.82, 2.24) is 10.6 Å². The molecule has 4 N–H and O–H groups in total. The predicted octanol–water partition coefficient (Wildman–Crippen LogP) is 2.02. The summed E-state index contributed by atoms with van der Waals surface area (Å²) in [4.78, 5) is 36.8. The molecule has 0 aliphatic carbocycles. The highest BCUT2D eigenvalue weighted by Gasteiger charge is 2.28. The van der Waals surface area contributed by atoms with E-state index in [1.54, 1.807) is 38.1 Å². The molecule has 0 saturated heterocycles. The summed E-state index contributed by atoms with van der Waals surface area (Å²) in [5, 5.41) is 14.0. The standard InChI is InChI=1S/C23H26N4O4/c1-15(2)20(27-23(30)31-14-18-6-4-3-5-7-18)22(29)26-19(21(25)28)12-16-8-10-17(13-24)11-9-16/h3-11,15,19-20H,12,14H2,1-2H3,(H2,25,28)(H,26,29)(H,27,30)/t19-,20+/m0/s1. The SMILES string of the molecule is CC(C)[C@@H](NC(=O)OCc1ccccc1)C(=O)N[C@@H](Cc1ccc(C#N)cc1)C(N)=O. The number of carbonyl (C=O) groups is 3. The second kappa shape index (κ2) is 11.4. The zero-order chi connectivity index (χ0) is 22.8. The fourth-order valence-electron chi connectivity index (χ4n) is 2.86. The Morgan fingerprint density at radius 3 is 2.19 bits per heavy atom. The van der Waals surface area contributed by atoms with Gasteiger partial charge in [-0.1, -0.05) is 56.3 Å². The van der Waals surface area contributed by atoms with E-state index < -0.39 is 30.0 Å². The lowest BCUT2D eigenvalue weighted by molar-refractivity contribution is -0.129. The van der Waals surface area contributed by atoms with Crippen LogP contribution in [-0.2, 0) is 27.4 Å². The van der Waals surface area contributed by atoms with Crippen molar-refractivity contribution in [2.24, 2.45) is 11.7 Å². The van der Waals surface area contributed by atoms with Crippen LogP contribution in [0, 0.1) is 17.2 Å². The summed E-state index contributed by atoms with van der Waals surface area (Å²) in [7, 11) is 0. The van der Waals surface area contributed by atoms with Crippen molar-refractivity contribution in [3.8, 4) is 6.07 Å². The summed E-state index contributed by atoms with van der Waals surface area (Å²) < 4.78 is 5.18. The Morgan fingerprint density at radius 1 is 1.00 bits per heavy atom. The Balaban J connectivity index is 1.98. The van der Waals surface area contributed by atoms with Gasteiger partial charge in [0.15, 0.2) is 0 Å². The van der Waals surface area contributed by atoms with Gasteiger partial charge in [0.05, 0.1) is 11.6 Å². The van der Waals surface area contributed by atoms with Crippen molar-refractivity contribution in [1.29, 1.82) is 5.26 Å². The Kier molecular flexibility index (Phi) is 8.58. The normalized spacial score (nSPS) is 12.3. The maximum Gasteiger partial charge on any atom is 0.408 e. The third kappa shape index (κ3) is 7.48. The number of benzene rings is 2. The van der Waals surface area contributed by atoms with Crippen molar-refractivity contribution in [2.75, 3.05) is 0 Å². The van der Waals surface area contributed by atoms with E-state index in [2.05, 4.69) is 10.6 Å². The van der Waals surface area contributed by atoms with E-state index >= 15 is 0 Å². The Labute approximate surface area is 181 Å². The van der Waals surface area contributed by atoms with Crippen molar-refractivity contribution >= 4 is 17.9 Å². The number of nitriles is 1. The fourth-order valence-corrected chi connectivity index (χ4v) is 2.86. The van der Waals surface area contributed by atoms with Crippen LogP contribution in [0.3, 0.4) is 0 Å². The second-order valence-electron chi connectivity index (χ2n) is 7.40. The molecule has 2 rings (SSSR count). The first-order valence-electron chi connectivity index (χ1n) is 9.86. The van der Waals surface area contributed by atoms with Crippen LogP contribution in [0.25, 0.3) is 0 Å². The molecule has 0 radical (unpaired) electrons. The maximum atomic E-state index is 12.8. The molecule has 0 spiro atoms. The molecule has 0 bridgehead atoms. The monoisotopic (exact) mass is 422 g/mol. The average molecular weight is 422 g/mol. The molecule has 2 atom stereocenters. The van der Waals surface area contributed by atoms with Crippen molar-refractivity contribution in [2.45, 2.75) is 39.0 Å². The first-order valence-corrected chi connectivity index (χ1v) is 9.86. The first kappa shape index (κ1) is 23.4. The predicted molar refractivity (Wildman–Crippen MR) is 114 cm³/mol. The number of nitrogens with one attached hydrogen (secondary N) is 2. The average Bonchev–Trinajstić information content (AvgIpc) is 2.76. The van der Waals surface area contributed by atoms with Gasteiger partial charge in [-0.2, -0.15) is 5.26 Å². The van der Waals surface area contributed by atoms with Gasteiger partial charge in [-0.15, -0.1) is 0 Å². The summed E-state index contributed by atoms with van der Waals surface area (Å²) in [6.07, 6.45) is -0.573. The third-order valence-corrected chi connectivity index (χ3v) is 4.62. The molecule has 8 heteroatoms. The molecule has 0 unspecified atom stereocenters. The lowest BCUT2D eigenvalue weighted by Crippen LogP contribution is -2.55. The van der Waals surface area contributed by atoms with Crippen molar-refractivity contribution in [3.05, 3.63) is 71.3 Å². The number of primary amides is 1. The van der Waals surface area contributed by atoms with Crippen molar-refractivity contribution < 1.29 is 19.1 Å². The third-order valence-electron chi connectivity index (χ3n) is 4.62. The molecule has 0 saturated carbocycles. The van der Waals surface area contributed by atoms with E-state index in [4.69, 9.17) is 15.7 Å². The topological polar surface area (TPSA) is 134 Å². The number of amides is 3. The van der Waals surface area contributed by atoms with Gasteiger partial charge in [0.2, 0.25) is 11.8 Å². The minimum absolute atomic E-state index is 0.0711. The highest BCUT2D eigenvalue weighted by molar-refractivity contribution is 5.91. The summed E-state index contributed by atoms with van der Waals surface area (Å²) in [5.74, 6) is -1.50. The Morgan fingerprint density at radius 2 is 1.65 bits per heavy atom. The number of nitrogens with two attached hydrogens (primary N) is 1. The molecule has 0 aliphatic heterocycles. The van der Waals surface area contributed by atoms with Crippen LogP contribution < -0.4 is 16.4 Å². The highest BCUT2D eigenvalue weighted by Crippen LogP contribution is 2.09. The number of carbonyl (C=O) groups excluding carboxylic acids is 3. The van der Waals surface area contributed by atoms with Gasteiger partial charge < -0.3 is 21.1 Å².